The molecule has 3 heterocycles. The Morgan fingerprint density at radius 2 is 1.79 bits per heavy atom. The van der Waals surface area contributed by atoms with Gasteiger partial charge in [-0.2, -0.15) is 0 Å². The lowest BCUT2D eigenvalue weighted by molar-refractivity contribution is 0.584. The Labute approximate surface area is 112 Å². The van der Waals surface area contributed by atoms with E-state index in [9.17, 15) is 0 Å². The highest BCUT2D eigenvalue weighted by Crippen LogP contribution is 2.16. The van der Waals surface area contributed by atoms with Crippen molar-refractivity contribution in [1.29, 1.82) is 0 Å². The molecule has 6 nitrogen and oxygen atoms in total. The number of aryl methyl sites for hydroxylation is 1. The molecule has 3 rings (SSSR count). The number of piperazine rings is 1. The third-order valence-electron chi connectivity index (χ3n) is 3.58. The summed E-state index contributed by atoms with van der Waals surface area (Å²) in [6.07, 6.45) is 3.44. The monoisotopic (exact) mass is 258 g/mol. The number of aromatic nitrogens is 4. The van der Waals surface area contributed by atoms with Crippen LogP contribution in [0, 0.1) is 13.8 Å². The zero-order chi connectivity index (χ0) is 13.2. The molecule has 0 atom stereocenters. The Bertz CT molecular complexity index is 570. The number of imidazole rings is 1. The predicted octanol–water partition coefficient (Wildman–Crippen LogP) is 0.689. The van der Waals surface area contributed by atoms with E-state index in [1.165, 1.54) is 0 Å². The van der Waals surface area contributed by atoms with Gasteiger partial charge in [-0.25, -0.2) is 15.0 Å². The van der Waals surface area contributed by atoms with Crippen molar-refractivity contribution in [1.82, 2.24) is 24.8 Å². The van der Waals surface area contributed by atoms with Crippen molar-refractivity contribution in [3.63, 3.8) is 0 Å². The second kappa shape index (κ2) is 4.97. The highest BCUT2D eigenvalue weighted by Gasteiger charge is 2.13. The maximum absolute atomic E-state index is 4.38. The van der Waals surface area contributed by atoms with Crippen LogP contribution in [0.2, 0.25) is 0 Å². The maximum atomic E-state index is 4.38. The molecule has 100 valence electrons. The molecule has 0 aromatic carbocycles. The number of nitrogens with zero attached hydrogens (tertiary/aromatic N) is 5. The van der Waals surface area contributed by atoms with Gasteiger partial charge in [0.15, 0.2) is 0 Å². The van der Waals surface area contributed by atoms with E-state index >= 15 is 0 Å². The lowest BCUT2D eigenvalue weighted by Gasteiger charge is -2.28. The Balaban J connectivity index is 1.93. The summed E-state index contributed by atoms with van der Waals surface area (Å²) in [6.45, 7) is 8.03. The van der Waals surface area contributed by atoms with E-state index in [1.807, 2.05) is 23.9 Å². The first kappa shape index (κ1) is 12.1. The molecule has 0 unspecified atom stereocenters. The molecule has 1 saturated heterocycles. The molecule has 0 saturated carbocycles. The molecule has 1 aliphatic rings. The Morgan fingerprint density at radius 3 is 2.47 bits per heavy atom. The first-order valence-electron chi connectivity index (χ1n) is 6.54. The van der Waals surface area contributed by atoms with Gasteiger partial charge in [0.1, 0.15) is 24.3 Å². The molecule has 6 heteroatoms. The van der Waals surface area contributed by atoms with Crippen LogP contribution in [0.5, 0.6) is 0 Å². The summed E-state index contributed by atoms with van der Waals surface area (Å²) in [5.41, 5.74) is 2.15. The molecule has 2 aromatic rings. The molecule has 2 aromatic heterocycles. The number of anilines is 1. The van der Waals surface area contributed by atoms with Crippen LogP contribution in [0.3, 0.4) is 0 Å². The molecular weight excluding hydrogens is 240 g/mol. The maximum Gasteiger partial charge on any atom is 0.143 e. The molecule has 0 spiro atoms. The average molecular weight is 258 g/mol. The van der Waals surface area contributed by atoms with Gasteiger partial charge in [0.2, 0.25) is 0 Å². The first-order chi connectivity index (χ1) is 9.25. The number of rotatable bonds is 2. The normalized spacial score (nSPS) is 15.8. The lowest BCUT2D eigenvalue weighted by atomic mass is 10.3. The van der Waals surface area contributed by atoms with Crippen molar-refractivity contribution in [2.24, 2.45) is 0 Å². The van der Waals surface area contributed by atoms with Crippen LogP contribution >= 0.6 is 0 Å². The fraction of sp³-hybridized carbons (Fsp3) is 0.462. The lowest BCUT2D eigenvalue weighted by Crippen LogP contribution is -2.43. The van der Waals surface area contributed by atoms with E-state index < -0.39 is 0 Å². The summed E-state index contributed by atoms with van der Waals surface area (Å²) in [5, 5.41) is 3.34. The minimum atomic E-state index is 0.877. The third-order valence-corrected chi connectivity index (χ3v) is 3.58. The summed E-state index contributed by atoms with van der Waals surface area (Å²) in [6, 6.07) is 2.03. The summed E-state index contributed by atoms with van der Waals surface area (Å²) >= 11 is 0. The predicted molar refractivity (Wildman–Crippen MR) is 73.7 cm³/mol. The number of hydrogen-bond acceptors (Lipinski definition) is 5. The van der Waals surface area contributed by atoms with Crippen molar-refractivity contribution in [2.45, 2.75) is 13.8 Å². The van der Waals surface area contributed by atoms with E-state index in [0.29, 0.717) is 0 Å². The third kappa shape index (κ3) is 2.31. The van der Waals surface area contributed by atoms with Gasteiger partial charge in [-0.15, -0.1) is 0 Å². The van der Waals surface area contributed by atoms with Crippen LogP contribution in [-0.2, 0) is 0 Å². The summed E-state index contributed by atoms with van der Waals surface area (Å²) in [7, 11) is 0. The van der Waals surface area contributed by atoms with Crippen molar-refractivity contribution in [3.05, 3.63) is 30.1 Å². The highest BCUT2D eigenvalue weighted by molar-refractivity contribution is 5.44. The largest absolute Gasteiger partial charge is 0.354 e. The quantitative estimate of drug-likeness (QED) is 0.859. The molecule has 0 radical (unpaired) electrons. The standard InChI is InChI=1S/C13H18N6/c1-10-11(2)19(9-17-10)13-7-12(15-8-16-13)18-5-3-14-4-6-18/h7-9,14H,3-6H2,1-2H3. The minimum Gasteiger partial charge on any atom is -0.354 e. The van der Waals surface area contributed by atoms with Gasteiger partial charge in [-0.3, -0.25) is 4.57 Å². The smallest absolute Gasteiger partial charge is 0.143 e. The van der Waals surface area contributed by atoms with E-state index in [2.05, 4.69) is 32.1 Å². The first-order valence-corrected chi connectivity index (χ1v) is 6.54. The molecule has 0 aliphatic carbocycles. The van der Waals surface area contributed by atoms with E-state index in [0.717, 1.165) is 49.2 Å². The van der Waals surface area contributed by atoms with Crippen LogP contribution in [0.4, 0.5) is 5.82 Å². The SMILES string of the molecule is Cc1ncn(-c2cc(N3CCNCC3)ncn2)c1C. The molecule has 19 heavy (non-hydrogen) atoms. The molecule has 1 fully saturated rings. The number of hydrogen-bond donors (Lipinski definition) is 1. The average Bonchev–Trinajstić information content (AvgIpc) is 2.80. The zero-order valence-corrected chi connectivity index (χ0v) is 11.3. The molecule has 1 aliphatic heterocycles. The van der Waals surface area contributed by atoms with Gasteiger partial charge in [0.25, 0.3) is 0 Å². The minimum absolute atomic E-state index is 0.877. The number of nitrogens with one attached hydrogen (secondary N) is 1. The van der Waals surface area contributed by atoms with Crippen LogP contribution in [-0.4, -0.2) is 45.7 Å². The molecule has 1 N–H and O–H groups in total. The molecular formula is C13H18N6. The Kier molecular flexibility index (Phi) is 3.16. The van der Waals surface area contributed by atoms with Crippen LogP contribution in [0.15, 0.2) is 18.7 Å². The molecule has 0 bridgehead atoms. The highest BCUT2D eigenvalue weighted by atomic mass is 15.2. The van der Waals surface area contributed by atoms with E-state index in [4.69, 9.17) is 0 Å². The van der Waals surface area contributed by atoms with Crippen molar-refractivity contribution >= 4 is 5.82 Å². The van der Waals surface area contributed by atoms with Crippen molar-refractivity contribution in [2.75, 3.05) is 31.1 Å². The van der Waals surface area contributed by atoms with Gasteiger partial charge in [-0.05, 0) is 13.8 Å². The van der Waals surface area contributed by atoms with Crippen molar-refractivity contribution in [3.8, 4) is 5.82 Å². The summed E-state index contributed by atoms with van der Waals surface area (Å²) in [4.78, 5) is 15.3. The Hall–Kier alpha value is -1.95. The van der Waals surface area contributed by atoms with E-state index in [1.54, 1.807) is 6.33 Å². The van der Waals surface area contributed by atoms with Crippen LogP contribution in [0.25, 0.3) is 5.82 Å². The van der Waals surface area contributed by atoms with E-state index in [-0.39, 0.29) is 0 Å². The van der Waals surface area contributed by atoms with Crippen molar-refractivity contribution < 1.29 is 0 Å². The topological polar surface area (TPSA) is 58.9 Å². The Morgan fingerprint density at radius 1 is 1.05 bits per heavy atom. The van der Waals surface area contributed by atoms with Gasteiger partial charge < -0.3 is 10.2 Å². The van der Waals surface area contributed by atoms with Gasteiger partial charge in [0, 0.05) is 37.9 Å². The summed E-state index contributed by atoms with van der Waals surface area (Å²) in [5.74, 6) is 1.86. The second-order valence-corrected chi connectivity index (χ2v) is 4.76. The van der Waals surface area contributed by atoms with Crippen LogP contribution < -0.4 is 10.2 Å². The summed E-state index contributed by atoms with van der Waals surface area (Å²) < 4.78 is 2.00. The van der Waals surface area contributed by atoms with Gasteiger partial charge in [-0.1, -0.05) is 0 Å². The fourth-order valence-corrected chi connectivity index (χ4v) is 2.27. The second-order valence-electron chi connectivity index (χ2n) is 4.76. The van der Waals surface area contributed by atoms with Gasteiger partial charge in [0.05, 0.1) is 5.69 Å². The fourth-order valence-electron chi connectivity index (χ4n) is 2.27. The van der Waals surface area contributed by atoms with Gasteiger partial charge >= 0.3 is 0 Å². The zero-order valence-electron chi connectivity index (χ0n) is 11.3. The molecule has 0 amide bonds. The van der Waals surface area contributed by atoms with Crippen LogP contribution in [0.1, 0.15) is 11.4 Å².